The molecule has 2 aliphatic rings. The molecule has 0 unspecified atom stereocenters. The van der Waals surface area contributed by atoms with Gasteiger partial charge in [-0.25, -0.2) is 0 Å². The van der Waals surface area contributed by atoms with E-state index in [-0.39, 0.29) is 0 Å². The van der Waals surface area contributed by atoms with Gasteiger partial charge in [0, 0.05) is 19.1 Å². The summed E-state index contributed by atoms with van der Waals surface area (Å²) in [5.41, 5.74) is 5.67. The van der Waals surface area contributed by atoms with E-state index < -0.39 is 0 Å². The standard InChI is InChI=1S/C5H10N2S/c6-5-3-1-7(8)2-4(3)5/h3-5,8H,1-2,6H2/t3-,4+,5+. The van der Waals surface area contributed by atoms with E-state index in [1.807, 2.05) is 0 Å². The molecule has 0 bridgehead atoms. The minimum atomic E-state index is 0.512. The van der Waals surface area contributed by atoms with Gasteiger partial charge in [-0.05, 0) is 11.8 Å². The molecule has 8 heavy (non-hydrogen) atoms. The van der Waals surface area contributed by atoms with Crippen LogP contribution in [0.2, 0.25) is 0 Å². The molecule has 0 aromatic rings. The maximum Gasteiger partial charge on any atom is 0.0134 e. The van der Waals surface area contributed by atoms with Gasteiger partial charge in [-0.2, -0.15) is 0 Å². The molecule has 1 aliphatic heterocycles. The molecular formula is C5H10N2S. The minimum absolute atomic E-state index is 0.512. The lowest BCUT2D eigenvalue weighted by molar-refractivity contribution is 0.503. The molecule has 0 aromatic carbocycles. The zero-order valence-corrected chi connectivity index (χ0v) is 5.51. The predicted molar refractivity (Wildman–Crippen MR) is 35.5 cm³/mol. The second-order valence-corrected chi connectivity index (χ2v) is 3.34. The van der Waals surface area contributed by atoms with Crippen LogP contribution in [-0.2, 0) is 0 Å². The SMILES string of the molecule is N[C@@H]1[C@H]2CN(S)C[C@@H]12. The van der Waals surface area contributed by atoms with E-state index in [1.165, 1.54) is 0 Å². The van der Waals surface area contributed by atoms with E-state index in [0.29, 0.717) is 6.04 Å². The Labute approximate surface area is 54.6 Å². The number of hydrogen-bond donors (Lipinski definition) is 2. The van der Waals surface area contributed by atoms with Crippen LogP contribution in [0.3, 0.4) is 0 Å². The summed E-state index contributed by atoms with van der Waals surface area (Å²) < 4.78 is 2.05. The molecule has 0 amide bonds. The van der Waals surface area contributed by atoms with Crippen LogP contribution in [0, 0.1) is 11.8 Å². The van der Waals surface area contributed by atoms with Gasteiger partial charge in [0.2, 0.25) is 0 Å². The smallest absolute Gasteiger partial charge is 0.0134 e. The Kier molecular flexibility index (Phi) is 0.892. The van der Waals surface area contributed by atoms with E-state index in [9.17, 15) is 0 Å². The quantitative estimate of drug-likeness (QED) is 0.442. The van der Waals surface area contributed by atoms with Crippen molar-refractivity contribution in [3.05, 3.63) is 0 Å². The Balaban J connectivity index is 2.00. The van der Waals surface area contributed by atoms with E-state index in [4.69, 9.17) is 5.73 Å². The molecule has 3 atom stereocenters. The molecule has 0 radical (unpaired) electrons. The van der Waals surface area contributed by atoms with Crippen LogP contribution in [-0.4, -0.2) is 23.4 Å². The number of thiol groups is 1. The maximum absolute atomic E-state index is 5.67. The van der Waals surface area contributed by atoms with Crippen LogP contribution in [0.5, 0.6) is 0 Å². The topological polar surface area (TPSA) is 29.3 Å². The van der Waals surface area contributed by atoms with Crippen molar-refractivity contribution in [1.82, 2.24) is 4.31 Å². The summed E-state index contributed by atoms with van der Waals surface area (Å²) >= 11 is 4.20. The fourth-order valence-electron chi connectivity index (χ4n) is 1.55. The van der Waals surface area contributed by atoms with Crippen molar-refractivity contribution in [1.29, 1.82) is 0 Å². The Morgan fingerprint density at radius 3 is 2.25 bits per heavy atom. The van der Waals surface area contributed by atoms with E-state index in [0.717, 1.165) is 24.9 Å². The molecule has 2 N–H and O–H groups in total. The van der Waals surface area contributed by atoms with Crippen LogP contribution >= 0.6 is 12.8 Å². The largest absolute Gasteiger partial charge is 0.327 e. The molecule has 1 saturated heterocycles. The number of fused-ring (bicyclic) bond motifs is 1. The molecular weight excluding hydrogens is 120 g/mol. The van der Waals surface area contributed by atoms with Crippen molar-refractivity contribution < 1.29 is 0 Å². The van der Waals surface area contributed by atoms with Crippen molar-refractivity contribution in [2.75, 3.05) is 13.1 Å². The predicted octanol–water partition coefficient (Wildman–Crippen LogP) is -0.280. The molecule has 2 nitrogen and oxygen atoms in total. The number of nitrogens with two attached hydrogens (primary N) is 1. The summed E-state index contributed by atoms with van der Waals surface area (Å²) in [5, 5.41) is 0. The van der Waals surface area contributed by atoms with Gasteiger partial charge in [-0.1, -0.05) is 12.8 Å². The summed E-state index contributed by atoms with van der Waals surface area (Å²) in [6, 6.07) is 0.512. The lowest BCUT2D eigenvalue weighted by atomic mass is 10.4. The third-order valence-electron chi connectivity index (χ3n) is 2.24. The van der Waals surface area contributed by atoms with Gasteiger partial charge in [-0.3, -0.25) is 4.31 Å². The molecule has 3 heteroatoms. The van der Waals surface area contributed by atoms with Crippen molar-refractivity contribution in [3.8, 4) is 0 Å². The average Bonchev–Trinajstić information content (AvgIpc) is 2.29. The third kappa shape index (κ3) is 0.522. The zero-order valence-electron chi connectivity index (χ0n) is 4.62. The van der Waals surface area contributed by atoms with Gasteiger partial charge in [0.15, 0.2) is 0 Å². The van der Waals surface area contributed by atoms with Crippen LogP contribution < -0.4 is 5.73 Å². The fourth-order valence-corrected chi connectivity index (χ4v) is 1.93. The Morgan fingerprint density at radius 1 is 1.38 bits per heavy atom. The number of nitrogens with zero attached hydrogens (tertiary/aromatic N) is 1. The van der Waals surface area contributed by atoms with Gasteiger partial charge in [-0.15, -0.1) is 0 Å². The first-order chi connectivity index (χ1) is 3.79. The first-order valence-corrected chi connectivity index (χ1v) is 3.38. The highest BCUT2D eigenvalue weighted by atomic mass is 32.1. The average molecular weight is 130 g/mol. The van der Waals surface area contributed by atoms with Crippen LogP contribution in [0.4, 0.5) is 0 Å². The number of hydrogen-bond acceptors (Lipinski definition) is 3. The zero-order chi connectivity index (χ0) is 5.72. The molecule has 1 heterocycles. The monoisotopic (exact) mass is 130 g/mol. The maximum atomic E-state index is 5.67. The van der Waals surface area contributed by atoms with Crippen LogP contribution in [0.1, 0.15) is 0 Å². The summed E-state index contributed by atoms with van der Waals surface area (Å²) in [6.07, 6.45) is 0. The first kappa shape index (κ1) is 5.09. The number of piperidine rings is 1. The molecule has 1 aliphatic carbocycles. The van der Waals surface area contributed by atoms with Gasteiger partial charge in [0.05, 0.1) is 0 Å². The van der Waals surface area contributed by atoms with Crippen molar-refractivity contribution in [2.24, 2.45) is 17.6 Å². The van der Waals surface area contributed by atoms with Crippen LogP contribution in [0.25, 0.3) is 0 Å². The highest BCUT2D eigenvalue weighted by molar-refractivity contribution is 7.77. The molecule has 0 spiro atoms. The molecule has 0 aromatic heterocycles. The molecule has 1 saturated carbocycles. The van der Waals surface area contributed by atoms with Crippen molar-refractivity contribution in [2.45, 2.75) is 6.04 Å². The van der Waals surface area contributed by atoms with Gasteiger partial charge >= 0.3 is 0 Å². The second kappa shape index (κ2) is 1.40. The highest BCUT2D eigenvalue weighted by Crippen LogP contribution is 2.44. The van der Waals surface area contributed by atoms with E-state index in [1.54, 1.807) is 0 Å². The lowest BCUT2D eigenvalue weighted by Gasteiger charge is -2.07. The minimum Gasteiger partial charge on any atom is -0.327 e. The van der Waals surface area contributed by atoms with Gasteiger partial charge in [0.25, 0.3) is 0 Å². The fraction of sp³-hybridized carbons (Fsp3) is 1.00. The molecule has 46 valence electrons. The Morgan fingerprint density at radius 2 is 1.88 bits per heavy atom. The summed E-state index contributed by atoms with van der Waals surface area (Å²) in [7, 11) is 0. The van der Waals surface area contributed by atoms with Crippen molar-refractivity contribution >= 4 is 12.8 Å². The molecule has 2 rings (SSSR count). The normalized spacial score (nSPS) is 54.0. The van der Waals surface area contributed by atoms with Crippen LogP contribution in [0.15, 0.2) is 0 Å². The summed E-state index contributed by atoms with van der Waals surface area (Å²) in [4.78, 5) is 0. The highest BCUT2D eigenvalue weighted by Gasteiger charge is 2.52. The number of rotatable bonds is 0. The van der Waals surface area contributed by atoms with Gasteiger partial charge < -0.3 is 5.73 Å². The van der Waals surface area contributed by atoms with Crippen molar-refractivity contribution in [3.63, 3.8) is 0 Å². The van der Waals surface area contributed by atoms with Gasteiger partial charge in [0.1, 0.15) is 0 Å². The lowest BCUT2D eigenvalue weighted by Crippen LogP contribution is -2.20. The summed E-state index contributed by atoms with van der Waals surface area (Å²) in [5.74, 6) is 1.57. The Hall–Kier alpha value is 0.270. The molecule has 2 fully saturated rings. The Bertz CT molecular complexity index is 105. The first-order valence-electron chi connectivity index (χ1n) is 2.98. The third-order valence-corrected chi connectivity index (χ3v) is 2.57. The van der Waals surface area contributed by atoms with E-state index in [2.05, 4.69) is 17.1 Å². The second-order valence-electron chi connectivity index (χ2n) is 2.78. The summed E-state index contributed by atoms with van der Waals surface area (Å²) in [6.45, 7) is 2.21. The van der Waals surface area contributed by atoms with E-state index >= 15 is 0 Å².